The lowest BCUT2D eigenvalue weighted by Crippen LogP contribution is -2.51. The first-order valence-corrected chi connectivity index (χ1v) is 17.4. The number of rotatable bonds is 7. The molecule has 1 aliphatic rings. The Morgan fingerprint density at radius 2 is 1.33 bits per heavy atom. The number of halogens is 1. The second kappa shape index (κ2) is 8.81. The lowest BCUT2D eigenvalue weighted by Gasteiger charge is -2.41. The zero-order valence-corrected chi connectivity index (χ0v) is 24.1. The van der Waals surface area contributed by atoms with E-state index in [0.717, 1.165) is 15.7 Å². The van der Waals surface area contributed by atoms with E-state index in [9.17, 15) is 0 Å². The Hall–Kier alpha value is -0.476. The van der Waals surface area contributed by atoms with E-state index < -0.39 is 22.2 Å². The van der Waals surface area contributed by atoms with Crippen molar-refractivity contribution in [3.8, 4) is 0 Å². The van der Waals surface area contributed by atoms with Gasteiger partial charge in [-0.25, -0.2) is 0 Å². The number of oxime groups is 1. The molecule has 0 N–H and O–H groups in total. The minimum absolute atomic E-state index is 0.141. The van der Waals surface area contributed by atoms with Gasteiger partial charge >= 0.3 is 0 Å². The summed E-state index contributed by atoms with van der Waals surface area (Å²) in [4.78, 5) is 6.12. The summed E-state index contributed by atoms with van der Waals surface area (Å²) in [6.07, 6.45) is 0.692. The molecule has 1 aliphatic heterocycles. The Bertz CT molecular complexity index is 732. The predicted molar refractivity (Wildman–Crippen MR) is 135 cm³/mol. The maximum atomic E-state index is 6.60. The first kappa shape index (κ1) is 25.8. The van der Waals surface area contributed by atoms with Crippen LogP contribution in [-0.4, -0.2) is 41.2 Å². The average Bonchev–Trinajstić information content (AvgIpc) is 3.02. The predicted octanol–water partition coefficient (Wildman–Crippen LogP) is 7.36. The largest absolute Gasteiger partial charge is 0.413 e. The third kappa shape index (κ3) is 6.06. The van der Waals surface area contributed by atoms with Crippen molar-refractivity contribution in [2.24, 2.45) is 5.16 Å². The van der Waals surface area contributed by atoms with Gasteiger partial charge < -0.3 is 13.7 Å². The van der Waals surface area contributed by atoms with Gasteiger partial charge in [-0.05, 0) is 54.0 Å². The van der Waals surface area contributed by atoms with Gasteiger partial charge in [-0.15, -0.1) is 0 Å². The van der Waals surface area contributed by atoms with Crippen molar-refractivity contribution < 1.29 is 13.7 Å². The fourth-order valence-electron chi connectivity index (χ4n) is 2.57. The van der Waals surface area contributed by atoms with Crippen LogP contribution >= 0.6 is 15.9 Å². The maximum absolute atomic E-state index is 6.60. The van der Waals surface area contributed by atoms with E-state index in [2.05, 4.69) is 101 Å². The van der Waals surface area contributed by atoms with Crippen molar-refractivity contribution in [1.29, 1.82) is 0 Å². The van der Waals surface area contributed by atoms with Crippen molar-refractivity contribution in [3.05, 3.63) is 34.3 Å². The number of hydrogen-bond acceptors (Lipinski definition) is 4. The van der Waals surface area contributed by atoms with Gasteiger partial charge in [-0.3, -0.25) is 0 Å². The Kier molecular flexibility index (Phi) is 7.57. The van der Waals surface area contributed by atoms with Gasteiger partial charge in [0.25, 0.3) is 0 Å². The molecule has 0 saturated heterocycles. The van der Waals surface area contributed by atoms with Gasteiger partial charge in [0.15, 0.2) is 22.2 Å². The van der Waals surface area contributed by atoms with E-state index in [4.69, 9.17) is 13.7 Å². The van der Waals surface area contributed by atoms with Crippen LogP contribution in [-0.2, 0) is 13.7 Å². The van der Waals surface area contributed by atoms with Crippen LogP contribution in [0.4, 0.5) is 0 Å². The molecule has 7 heteroatoms. The van der Waals surface area contributed by atoms with Gasteiger partial charge in [0.1, 0.15) is 0 Å². The van der Waals surface area contributed by atoms with Crippen LogP contribution in [0.3, 0.4) is 0 Å². The van der Waals surface area contributed by atoms with E-state index in [0.29, 0.717) is 19.6 Å². The number of benzene rings is 1. The van der Waals surface area contributed by atoms with Crippen LogP contribution in [0.25, 0.3) is 0 Å². The van der Waals surface area contributed by atoms with E-state index in [1.807, 2.05) is 12.1 Å². The highest BCUT2D eigenvalue weighted by molar-refractivity contribution is 9.10. The molecule has 0 atom stereocenters. The van der Waals surface area contributed by atoms with Crippen molar-refractivity contribution in [3.63, 3.8) is 0 Å². The zero-order valence-electron chi connectivity index (χ0n) is 20.5. The summed E-state index contributed by atoms with van der Waals surface area (Å²) in [6.45, 7) is 23.7. The summed E-state index contributed by atoms with van der Waals surface area (Å²) in [5.74, 6) is 0. The second-order valence-electron chi connectivity index (χ2n) is 11.6. The molecule has 0 radical (unpaired) electrons. The van der Waals surface area contributed by atoms with E-state index in [1.54, 1.807) is 0 Å². The highest BCUT2D eigenvalue weighted by Gasteiger charge is 2.47. The monoisotopic (exact) mass is 513 g/mol. The molecular formula is C23H40BrNO3Si2. The van der Waals surface area contributed by atoms with Crippen LogP contribution in [0.5, 0.6) is 0 Å². The molecule has 1 aromatic carbocycles. The third-order valence-corrected chi connectivity index (χ3v) is 16.5. The highest BCUT2D eigenvalue weighted by atomic mass is 79.9. The van der Waals surface area contributed by atoms with Gasteiger partial charge in [-0.1, -0.05) is 74.8 Å². The summed E-state index contributed by atoms with van der Waals surface area (Å²) in [7, 11) is -3.84. The van der Waals surface area contributed by atoms with Crippen molar-refractivity contribution in [1.82, 2.24) is 0 Å². The maximum Gasteiger partial charge on any atom is 0.192 e. The van der Waals surface area contributed by atoms with Gasteiger partial charge in [0.05, 0.1) is 18.9 Å². The smallest absolute Gasteiger partial charge is 0.192 e. The molecule has 0 aromatic heterocycles. The first-order chi connectivity index (χ1) is 13.5. The first-order valence-electron chi connectivity index (χ1n) is 10.8. The van der Waals surface area contributed by atoms with Crippen LogP contribution in [0, 0.1) is 0 Å². The Balaban J connectivity index is 2.22. The molecule has 0 spiro atoms. The minimum Gasteiger partial charge on any atom is -0.413 e. The molecule has 0 unspecified atom stereocenters. The number of nitrogens with zero attached hydrogens (tertiary/aromatic N) is 1. The highest BCUT2D eigenvalue weighted by Crippen LogP contribution is 2.40. The lowest BCUT2D eigenvalue weighted by molar-refractivity contribution is -0.0813. The molecule has 170 valence electrons. The van der Waals surface area contributed by atoms with Crippen molar-refractivity contribution in [2.75, 3.05) is 13.2 Å². The molecule has 0 saturated carbocycles. The molecule has 2 rings (SSSR count). The normalized spacial score (nSPS) is 17.6. The molecule has 0 aliphatic carbocycles. The molecule has 0 fully saturated rings. The lowest BCUT2D eigenvalue weighted by atomic mass is 9.96. The quantitative estimate of drug-likeness (QED) is 0.357. The Morgan fingerprint density at radius 1 is 0.900 bits per heavy atom. The summed E-state index contributed by atoms with van der Waals surface area (Å²) in [5, 5.41) is 4.77. The van der Waals surface area contributed by atoms with Crippen LogP contribution in [0.1, 0.15) is 53.5 Å². The standard InChI is InChI=1S/C23H40BrNO3Si2/c1-21(2,3)29(7,8)26-16-23(17-27-30(9,10)22(4,5)6)15-20(25-28-23)18-11-13-19(24)14-12-18/h11-14H,15-17H2,1-10H3. The summed E-state index contributed by atoms with van der Waals surface area (Å²) in [5.41, 5.74) is 1.47. The molecule has 4 nitrogen and oxygen atoms in total. The molecular weight excluding hydrogens is 474 g/mol. The van der Waals surface area contributed by atoms with Gasteiger partial charge in [-0.2, -0.15) is 0 Å². The molecule has 0 bridgehead atoms. The number of hydrogen-bond donors (Lipinski definition) is 0. The zero-order chi connectivity index (χ0) is 23.0. The minimum atomic E-state index is -1.92. The Labute approximate surface area is 194 Å². The summed E-state index contributed by atoms with van der Waals surface area (Å²) >= 11 is 3.50. The fourth-order valence-corrected chi connectivity index (χ4v) is 4.95. The SMILES string of the molecule is CC(C)(C)[Si](C)(C)OCC1(CO[Si](C)(C)C(C)(C)C)CC(c2ccc(Br)cc2)=NO1. The summed E-state index contributed by atoms with van der Waals surface area (Å²) < 4.78 is 14.3. The van der Waals surface area contributed by atoms with Crippen LogP contribution < -0.4 is 0 Å². The van der Waals surface area contributed by atoms with E-state index >= 15 is 0 Å². The van der Waals surface area contributed by atoms with Crippen molar-refractivity contribution in [2.45, 2.75) is 89.8 Å². The molecule has 1 aromatic rings. The van der Waals surface area contributed by atoms with E-state index in [1.165, 1.54) is 0 Å². The fraction of sp³-hybridized carbons (Fsp3) is 0.696. The van der Waals surface area contributed by atoms with Gasteiger partial charge in [0, 0.05) is 10.9 Å². The van der Waals surface area contributed by atoms with Crippen molar-refractivity contribution >= 4 is 38.3 Å². The van der Waals surface area contributed by atoms with E-state index in [-0.39, 0.29) is 10.1 Å². The molecule has 0 amide bonds. The topological polar surface area (TPSA) is 40.0 Å². The van der Waals surface area contributed by atoms with Crippen LogP contribution in [0.2, 0.25) is 36.3 Å². The third-order valence-electron chi connectivity index (χ3n) is 7.02. The second-order valence-corrected chi connectivity index (χ2v) is 22.1. The average molecular weight is 515 g/mol. The Morgan fingerprint density at radius 3 is 1.73 bits per heavy atom. The van der Waals surface area contributed by atoms with Gasteiger partial charge in [0.2, 0.25) is 0 Å². The molecule has 30 heavy (non-hydrogen) atoms. The molecule has 1 heterocycles. The van der Waals surface area contributed by atoms with Crippen LogP contribution in [0.15, 0.2) is 33.9 Å². The summed E-state index contributed by atoms with van der Waals surface area (Å²) in [6, 6.07) is 8.23.